The van der Waals surface area contributed by atoms with Gasteiger partial charge in [0.1, 0.15) is 17.0 Å². The molecule has 3 aromatic rings. The maximum absolute atomic E-state index is 12.1. The summed E-state index contributed by atoms with van der Waals surface area (Å²) in [6, 6.07) is 5.98. The van der Waals surface area contributed by atoms with Crippen molar-refractivity contribution in [3.05, 3.63) is 45.5 Å². The number of esters is 1. The molecule has 1 aromatic carbocycles. The molecule has 0 saturated carbocycles. The highest BCUT2D eigenvalue weighted by atomic mass is 79.9. The molecule has 0 spiro atoms. The highest BCUT2D eigenvalue weighted by molar-refractivity contribution is 9.10. The smallest absolute Gasteiger partial charge is 0.339 e. The first-order chi connectivity index (χ1) is 11.1. The number of halogens is 1. The molecule has 5 nitrogen and oxygen atoms in total. The summed E-state index contributed by atoms with van der Waals surface area (Å²) >= 11 is 4.93. The molecule has 0 aliphatic rings. The third kappa shape index (κ3) is 3.20. The summed E-state index contributed by atoms with van der Waals surface area (Å²) in [7, 11) is 0. The number of rotatable bonds is 4. The Kier molecular flexibility index (Phi) is 4.58. The van der Waals surface area contributed by atoms with Gasteiger partial charge in [-0.25, -0.2) is 14.8 Å². The van der Waals surface area contributed by atoms with Gasteiger partial charge >= 0.3 is 5.97 Å². The van der Waals surface area contributed by atoms with Crippen LogP contribution in [0.3, 0.4) is 0 Å². The average Bonchev–Trinajstić information content (AvgIpc) is 2.95. The lowest BCUT2D eigenvalue weighted by Gasteiger charge is -2.10. The molecule has 0 bridgehead atoms. The van der Waals surface area contributed by atoms with Crippen molar-refractivity contribution in [2.45, 2.75) is 13.8 Å². The van der Waals surface area contributed by atoms with Gasteiger partial charge in [-0.3, -0.25) is 0 Å². The first-order valence-electron chi connectivity index (χ1n) is 7.02. The predicted octanol–water partition coefficient (Wildman–Crippen LogP) is 4.68. The molecule has 7 heteroatoms. The van der Waals surface area contributed by atoms with Gasteiger partial charge in [0.2, 0.25) is 0 Å². The number of nitrogens with one attached hydrogen (secondary N) is 1. The lowest BCUT2D eigenvalue weighted by Crippen LogP contribution is -2.05. The van der Waals surface area contributed by atoms with Gasteiger partial charge in [-0.2, -0.15) is 0 Å². The van der Waals surface area contributed by atoms with Crippen LogP contribution in [0, 0.1) is 6.92 Å². The maximum atomic E-state index is 12.1. The zero-order chi connectivity index (χ0) is 16.4. The number of aromatic nitrogens is 2. The molecule has 0 fully saturated rings. The van der Waals surface area contributed by atoms with E-state index in [0.29, 0.717) is 23.4 Å². The van der Waals surface area contributed by atoms with Crippen LogP contribution in [0.2, 0.25) is 0 Å². The van der Waals surface area contributed by atoms with Gasteiger partial charge in [0.15, 0.2) is 0 Å². The third-order valence-electron chi connectivity index (χ3n) is 3.24. The molecule has 0 aliphatic carbocycles. The van der Waals surface area contributed by atoms with Crippen molar-refractivity contribution < 1.29 is 9.53 Å². The Hall–Kier alpha value is -1.99. The van der Waals surface area contributed by atoms with Crippen molar-refractivity contribution in [1.82, 2.24) is 9.97 Å². The molecule has 0 saturated heterocycles. The summed E-state index contributed by atoms with van der Waals surface area (Å²) in [6.45, 7) is 4.14. The quantitative estimate of drug-likeness (QED) is 0.653. The van der Waals surface area contributed by atoms with E-state index in [-0.39, 0.29) is 5.97 Å². The first kappa shape index (κ1) is 15.9. The summed E-state index contributed by atoms with van der Waals surface area (Å²) in [6.07, 6.45) is 1.48. The van der Waals surface area contributed by atoms with E-state index in [1.54, 1.807) is 12.3 Å². The zero-order valence-electron chi connectivity index (χ0n) is 12.6. The fourth-order valence-corrected chi connectivity index (χ4v) is 3.65. The molecule has 0 atom stereocenters. The van der Waals surface area contributed by atoms with E-state index in [2.05, 4.69) is 31.2 Å². The van der Waals surface area contributed by atoms with Crippen LogP contribution in [0.15, 0.2) is 34.4 Å². The van der Waals surface area contributed by atoms with Crippen molar-refractivity contribution in [2.24, 2.45) is 0 Å². The summed E-state index contributed by atoms with van der Waals surface area (Å²) < 4.78 is 6.04. The number of carbonyl (C=O) groups excluding carboxylic acids is 1. The van der Waals surface area contributed by atoms with Crippen LogP contribution in [0.1, 0.15) is 22.8 Å². The number of hydrogen-bond donors (Lipinski definition) is 1. The van der Waals surface area contributed by atoms with Crippen LogP contribution >= 0.6 is 27.3 Å². The van der Waals surface area contributed by atoms with Gasteiger partial charge in [-0.1, -0.05) is 6.07 Å². The number of fused-ring (bicyclic) bond motifs is 1. The Morgan fingerprint density at radius 3 is 2.96 bits per heavy atom. The van der Waals surface area contributed by atoms with Crippen molar-refractivity contribution >= 4 is 55.0 Å². The Balaban J connectivity index is 2.06. The summed E-state index contributed by atoms with van der Waals surface area (Å²) in [4.78, 5) is 21.4. The van der Waals surface area contributed by atoms with Gasteiger partial charge < -0.3 is 10.1 Å². The number of anilines is 2. The van der Waals surface area contributed by atoms with E-state index >= 15 is 0 Å². The molecule has 0 aliphatic heterocycles. The monoisotopic (exact) mass is 391 g/mol. The second kappa shape index (κ2) is 6.64. The number of carbonyl (C=O) groups is 1. The minimum atomic E-state index is -0.362. The molecule has 23 heavy (non-hydrogen) atoms. The number of benzene rings is 1. The van der Waals surface area contributed by atoms with E-state index in [1.807, 2.05) is 25.1 Å². The number of nitrogens with zero attached hydrogens (tertiary/aromatic N) is 2. The SMILES string of the molecule is CCOC(=O)c1csc2ncnc(Nc3ccc(C)cc3Br)c12. The second-order valence-electron chi connectivity index (χ2n) is 4.88. The van der Waals surface area contributed by atoms with Crippen molar-refractivity contribution in [1.29, 1.82) is 0 Å². The van der Waals surface area contributed by atoms with Gasteiger partial charge in [-0.05, 0) is 47.5 Å². The number of ether oxygens (including phenoxy) is 1. The lowest BCUT2D eigenvalue weighted by atomic mass is 10.2. The van der Waals surface area contributed by atoms with Gasteiger partial charge in [-0.15, -0.1) is 11.3 Å². The van der Waals surface area contributed by atoms with Crippen LogP contribution in [0.5, 0.6) is 0 Å². The Bertz CT molecular complexity index is 879. The molecule has 0 amide bonds. The van der Waals surface area contributed by atoms with Gasteiger partial charge in [0.05, 0.1) is 23.2 Å². The molecule has 118 valence electrons. The molecular formula is C16H14BrN3O2S. The van der Waals surface area contributed by atoms with Crippen LogP contribution < -0.4 is 5.32 Å². The minimum absolute atomic E-state index is 0.330. The van der Waals surface area contributed by atoms with Gasteiger partial charge in [0.25, 0.3) is 0 Å². The molecule has 0 unspecified atom stereocenters. The van der Waals surface area contributed by atoms with Crippen molar-refractivity contribution in [2.75, 3.05) is 11.9 Å². The van der Waals surface area contributed by atoms with E-state index < -0.39 is 0 Å². The van der Waals surface area contributed by atoms with E-state index in [4.69, 9.17) is 4.74 Å². The van der Waals surface area contributed by atoms with Crippen molar-refractivity contribution in [3.8, 4) is 0 Å². The molecule has 1 N–H and O–H groups in total. The molecule has 2 heterocycles. The van der Waals surface area contributed by atoms with Crippen LogP contribution in [-0.2, 0) is 4.74 Å². The Labute approximate surface area is 145 Å². The van der Waals surface area contributed by atoms with Crippen LogP contribution in [0.25, 0.3) is 10.2 Å². The number of aryl methyl sites for hydroxylation is 1. The largest absolute Gasteiger partial charge is 0.462 e. The Morgan fingerprint density at radius 1 is 1.39 bits per heavy atom. The van der Waals surface area contributed by atoms with Crippen molar-refractivity contribution in [3.63, 3.8) is 0 Å². The predicted molar refractivity (Wildman–Crippen MR) is 95.5 cm³/mol. The molecule has 0 radical (unpaired) electrons. The standard InChI is InChI=1S/C16H14BrN3O2S/c1-3-22-16(21)10-7-23-15-13(10)14(18-8-19-15)20-12-5-4-9(2)6-11(12)17/h4-8H,3H2,1-2H3,(H,18,19,20). The summed E-state index contributed by atoms with van der Waals surface area (Å²) in [5.41, 5.74) is 2.51. The molecule has 3 rings (SSSR count). The van der Waals surface area contributed by atoms with E-state index in [0.717, 1.165) is 20.6 Å². The first-order valence-corrected chi connectivity index (χ1v) is 8.70. The maximum Gasteiger partial charge on any atom is 0.339 e. The van der Waals surface area contributed by atoms with E-state index in [9.17, 15) is 4.79 Å². The normalized spacial score (nSPS) is 10.7. The topological polar surface area (TPSA) is 64.1 Å². The molecular weight excluding hydrogens is 378 g/mol. The third-order valence-corrected chi connectivity index (χ3v) is 4.79. The van der Waals surface area contributed by atoms with Crippen LogP contribution in [0.4, 0.5) is 11.5 Å². The van der Waals surface area contributed by atoms with E-state index in [1.165, 1.54) is 17.7 Å². The number of hydrogen-bond acceptors (Lipinski definition) is 6. The minimum Gasteiger partial charge on any atom is -0.462 e. The molecule has 2 aromatic heterocycles. The van der Waals surface area contributed by atoms with Crippen LogP contribution in [-0.4, -0.2) is 22.5 Å². The average molecular weight is 392 g/mol. The second-order valence-corrected chi connectivity index (χ2v) is 6.59. The highest BCUT2D eigenvalue weighted by Gasteiger charge is 2.18. The number of thiophene rings is 1. The van der Waals surface area contributed by atoms with Gasteiger partial charge in [0, 0.05) is 9.85 Å². The zero-order valence-corrected chi connectivity index (χ0v) is 15.0. The highest BCUT2D eigenvalue weighted by Crippen LogP contribution is 2.33. The summed E-state index contributed by atoms with van der Waals surface area (Å²) in [5.74, 6) is 0.225. The Morgan fingerprint density at radius 2 is 2.22 bits per heavy atom. The fraction of sp³-hybridized carbons (Fsp3) is 0.188. The lowest BCUT2D eigenvalue weighted by molar-refractivity contribution is 0.0529. The summed E-state index contributed by atoms with van der Waals surface area (Å²) in [5, 5.41) is 5.71. The fourth-order valence-electron chi connectivity index (χ4n) is 2.18.